The summed E-state index contributed by atoms with van der Waals surface area (Å²) in [5.41, 5.74) is 2.21. The largest absolute Gasteiger partial charge is 0.497 e. The Morgan fingerprint density at radius 2 is 1.47 bits per heavy atom. The molecule has 0 aliphatic carbocycles. The molecule has 8 nitrogen and oxygen atoms in total. The fourth-order valence-corrected chi connectivity index (χ4v) is 3.96. The topological polar surface area (TPSA) is 127 Å². The van der Waals surface area contributed by atoms with Crippen LogP contribution in [0.25, 0.3) is 33.3 Å². The van der Waals surface area contributed by atoms with Crippen LogP contribution in [0.3, 0.4) is 0 Å². The van der Waals surface area contributed by atoms with Gasteiger partial charge >= 0.3 is 17.6 Å². The molecule has 8 heteroatoms. The van der Waals surface area contributed by atoms with E-state index in [0.29, 0.717) is 50.1 Å². The van der Waals surface area contributed by atoms with Crippen molar-refractivity contribution in [2.45, 2.75) is 26.7 Å². The highest BCUT2D eigenvalue weighted by Gasteiger charge is 2.24. The molecule has 32 heavy (non-hydrogen) atoms. The van der Waals surface area contributed by atoms with Crippen LogP contribution in [0.4, 0.5) is 0 Å². The fraction of sp³-hybridized carbons (Fsp3) is 0.208. The number of fused-ring (bicyclic) bond motifs is 2. The summed E-state index contributed by atoms with van der Waals surface area (Å²) >= 11 is 0. The van der Waals surface area contributed by atoms with Gasteiger partial charge in [0.15, 0.2) is 0 Å². The van der Waals surface area contributed by atoms with E-state index in [-0.39, 0.29) is 17.6 Å². The highest BCUT2D eigenvalue weighted by molar-refractivity contribution is 6.03. The monoisotopic (exact) mass is 436 g/mol. The molecule has 2 aromatic heterocycles. The van der Waals surface area contributed by atoms with E-state index < -0.39 is 24.0 Å². The van der Waals surface area contributed by atoms with Crippen molar-refractivity contribution in [3.63, 3.8) is 0 Å². The fourth-order valence-electron chi connectivity index (χ4n) is 3.96. The van der Waals surface area contributed by atoms with Gasteiger partial charge in [-0.15, -0.1) is 0 Å². The molecule has 164 valence electrons. The quantitative estimate of drug-likeness (QED) is 0.433. The maximum absolute atomic E-state index is 12.4. The zero-order valence-electron chi connectivity index (χ0n) is 17.6. The number of hydrogen-bond acceptors (Lipinski definition) is 6. The number of rotatable bonds is 6. The van der Waals surface area contributed by atoms with Crippen LogP contribution in [0.15, 0.2) is 44.0 Å². The third-order valence-corrected chi connectivity index (χ3v) is 5.57. The molecule has 0 spiro atoms. The number of carbonyl (C=O) groups is 2. The Labute approximate surface area is 181 Å². The lowest BCUT2D eigenvalue weighted by atomic mass is 9.97. The molecule has 0 bridgehead atoms. The molecule has 2 N–H and O–H groups in total. The van der Waals surface area contributed by atoms with Crippen molar-refractivity contribution in [2.24, 2.45) is 0 Å². The second-order valence-electron chi connectivity index (χ2n) is 7.53. The highest BCUT2D eigenvalue weighted by Crippen LogP contribution is 2.39. The summed E-state index contributed by atoms with van der Waals surface area (Å²) in [6, 6.07) is 8.74. The van der Waals surface area contributed by atoms with E-state index in [1.165, 1.54) is 0 Å². The maximum atomic E-state index is 12.4. The van der Waals surface area contributed by atoms with Crippen molar-refractivity contribution < 1.29 is 33.4 Å². The van der Waals surface area contributed by atoms with E-state index >= 15 is 0 Å². The first-order valence-corrected chi connectivity index (χ1v) is 9.80. The molecule has 0 unspecified atom stereocenters. The SMILES string of the molecule is COc1ccc(-c2oc3c(C)c4oc(=O)c(CC(=O)O)c(C)c4cc3c2CC(=O)O)cc1. The molecule has 0 atom stereocenters. The van der Waals surface area contributed by atoms with Gasteiger partial charge in [0.2, 0.25) is 0 Å². The predicted octanol–water partition coefficient (Wildman–Crippen LogP) is 4.09. The van der Waals surface area contributed by atoms with Gasteiger partial charge in [0.25, 0.3) is 0 Å². The molecule has 0 saturated heterocycles. The number of hydrogen-bond donors (Lipinski definition) is 2. The van der Waals surface area contributed by atoms with Crippen LogP contribution in [0.1, 0.15) is 22.3 Å². The number of ether oxygens (including phenoxy) is 1. The minimum absolute atomic E-state index is 0.0578. The summed E-state index contributed by atoms with van der Waals surface area (Å²) in [6.07, 6.45) is -0.747. The standard InChI is InChI=1S/C24H20O8/c1-11-15-8-17-18(10-20(27)28)23(13-4-6-14(30-3)7-5-13)31-22(17)12(2)21(15)32-24(29)16(11)9-19(25)26/h4-8H,9-10H2,1-3H3,(H,25,26)(H,27,28). The van der Waals surface area contributed by atoms with Crippen LogP contribution in [0.2, 0.25) is 0 Å². The van der Waals surface area contributed by atoms with Crippen molar-refractivity contribution >= 4 is 33.9 Å². The van der Waals surface area contributed by atoms with E-state index in [2.05, 4.69) is 0 Å². The van der Waals surface area contributed by atoms with Crippen molar-refractivity contribution in [3.05, 3.63) is 63.0 Å². The van der Waals surface area contributed by atoms with Crippen LogP contribution in [0.5, 0.6) is 5.75 Å². The first kappa shape index (κ1) is 21.2. The Hall–Kier alpha value is -4.07. The van der Waals surface area contributed by atoms with Gasteiger partial charge in [-0.2, -0.15) is 0 Å². The van der Waals surface area contributed by atoms with Crippen molar-refractivity contribution in [3.8, 4) is 17.1 Å². The van der Waals surface area contributed by atoms with Gasteiger partial charge in [0, 0.05) is 27.5 Å². The molecule has 0 aliphatic heterocycles. The molecule has 0 aliphatic rings. The molecular weight excluding hydrogens is 416 g/mol. The summed E-state index contributed by atoms with van der Waals surface area (Å²) in [6.45, 7) is 3.37. The van der Waals surface area contributed by atoms with Gasteiger partial charge in [-0.3, -0.25) is 9.59 Å². The van der Waals surface area contributed by atoms with Gasteiger partial charge < -0.3 is 23.8 Å². The number of aliphatic carboxylic acids is 2. The first-order valence-electron chi connectivity index (χ1n) is 9.80. The van der Waals surface area contributed by atoms with Crippen molar-refractivity contribution in [1.82, 2.24) is 0 Å². The second kappa shape index (κ2) is 7.88. The Kier molecular flexibility index (Phi) is 5.22. The molecule has 2 aromatic carbocycles. The van der Waals surface area contributed by atoms with Crippen molar-refractivity contribution in [1.29, 1.82) is 0 Å². The van der Waals surface area contributed by atoms with Gasteiger partial charge in [-0.05, 0) is 49.7 Å². The Morgan fingerprint density at radius 1 is 0.875 bits per heavy atom. The zero-order chi connectivity index (χ0) is 23.2. The van der Waals surface area contributed by atoms with Gasteiger partial charge in [0.1, 0.15) is 22.7 Å². The Balaban J connectivity index is 2.06. The highest BCUT2D eigenvalue weighted by atomic mass is 16.5. The second-order valence-corrected chi connectivity index (χ2v) is 7.53. The van der Waals surface area contributed by atoms with E-state index in [4.69, 9.17) is 18.7 Å². The molecule has 2 heterocycles. The molecule has 4 aromatic rings. The maximum Gasteiger partial charge on any atom is 0.340 e. The average Bonchev–Trinajstić information content (AvgIpc) is 3.10. The van der Waals surface area contributed by atoms with E-state index in [1.807, 2.05) is 0 Å². The molecular formula is C24H20O8. The van der Waals surface area contributed by atoms with Crippen LogP contribution in [-0.2, 0) is 22.4 Å². The van der Waals surface area contributed by atoms with Gasteiger partial charge in [-0.25, -0.2) is 4.79 Å². The molecule has 4 rings (SSSR count). The summed E-state index contributed by atoms with van der Waals surface area (Å²) in [5.74, 6) is -1.12. The number of carboxylic acid groups (broad SMARTS) is 2. The molecule has 0 fully saturated rings. The van der Waals surface area contributed by atoms with Crippen LogP contribution in [0, 0.1) is 13.8 Å². The lowest BCUT2D eigenvalue weighted by molar-refractivity contribution is -0.137. The smallest absolute Gasteiger partial charge is 0.340 e. The third-order valence-electron chi connectivity index (χ3n) is 5.57. The van der Waals surface area contributed by atoms with Gasteiger partial charge in [0.05, 0.1) is 25.5 Å². The zero-order valence-corrected chi connectivity index (χ0v) is 17.6. The van der Waals surface area contributed by atoms with E-state index in [1.54, 1.807) is 51.3 Å². The van der Waals surface area contributed by atoms with E-state index in [0.717, 1.165) is 0 Å². The lowest BCUT2D eigenvalue weighted by Crippen LogP contribution is -2.15. The summed E-state index contributed by atoms with van der Waals surface area (Å²) < 4.78 is 16.8. The van der Waals surface area contributed by atoms with Crippen LogP contribution in [-0.4, -0.2) is 29.3 Å². The summed E-state index contributed by atoms with van der Waals surface area (Å²) in [7, 11) is 1.55. The van der Waals surface area contributed by atoms with E-state index in [9.17, 15) is 19.5 Å². The average molecular weight is 436 g/mol. The number of methoxy groups -OCH3 is 1. The third kappa shape index (κ3) is 3.49. The predicted molar refractivity (Wildman–Crippen MR) is 116 cm³/mol. The molecule has 0 amide bonds. The molecule has 0 saturated carbocycles. The lowest BCUT2D eigenvalue weighted by Gasteiger charge is -2.09. The van der Waals surface area contributed by atoms with Crippen LogP contribution >= 0.6 is 0 Å². The number of benzene rings is 2. The molecule has 0 radical (unpaired) electrons. The van der Waals surface area contributed by atoms with Crippen molar-refractivity contribution in [2.75, 3.05) is 7.11 Å². The number of furan rings is 1. The first-order chi connectivity index (χ1) is 15.2. The minimum Gasteiger partial charge on any atom is -0.497 e. The van der Waals surface area contributed by atoms with Gasteiger partial charge in [-0.1, -0.05) is 0 Å². The van der Waals surface area contributed by atoms with Crippen LogP contribution < -0.4 is 10.4 Å². The summed E-state index contributed by atoms with van der Waals surface area (Å²) in [5, 5.41) is 19.8. The Morgan fingerprint density at radius 3 is 2.06 bits per heavy atom. The Bertz CT molecular complexity index is 1440. The minimum atomic E-state index is -1.14. The summed E-state index contributed by atoms with van der Waals surface area (Å²) in [4.78, 5) is 35.3. The number of carboxylic acids is 2. The number of aryl methyl sites for hydroxylation is 2. The normalized spacial score (nSPS) is 11.2.